The van der Waals surface area contributed by atoms with Crippen LogP contribution in [0.4, 0.5) is 0 Å². The molecule has 1 heterocycles. The Kier molecular flexibility index (Phi) is 7.36. The third kappa shape index (κ3) is 6.17. The lowest BCUT2D eigenvalue weighted by molar-refractivity contribution is 0.0903. The molecular formula is C26H33N3O2. The summed E-state index contributed by atoms with van der Waals surface area (Å²) in [7, 11) is 0. The first kappa shape index (κ1) is 21.6. The fourth-order valence-electron chi connectivity index (χ4n) is 4.63. The minimum Gasteiger partial charge on any atom is -0.349 e. The average molecular weight is 420 g/mol. The second-order valence-electron chi connectivity index (χ2n) is 8.90. The number of amides is 2. The molecule has 1 aliphatic heterocycles. The van der Waals surface area contributed by atoms with Crippen LogP contribution in [-0.2, 0) is 6.54 Å². The van der Waals surface area contributed by atoms with Crippen molar-refractivity contribution < 1.29 is 9.59 Å². The van der Waals surface area contributed by atoms with Crippen molar-refractivity contribution in [2.45, 2.75) is 63.6 Å². The molecule has 0 spiro atoms. The quantitative estimate of drug-likeness (QED) is 0.740. The molecule has 2 aromatic carbocycles. The molecule has 31 heavy (non-hydrogen) atoms. The lowest BCUT2D eigenvalue weighted by Gasteiger charge is -2.32. The summed E-state index contributed by atoms with van der Waals surface area (Å²) in [6.07, 6.45) is 7.69. The van der Waals surface area contributed by atoms with Crippen LogP contribution in [0.25, 0.3) is 0 Å². The summed E-state index contributed by atoms with van der Waals surface area (Å²) in [5.74, 6) is -0.0922. The first-order valence-electron chi connectivity index (χ1n) is 11.7. The van der Waals surface area contributed by atoms with E-state index in [4.69, 9.17) is 0 Å². The predicted octanol–water partition coefficient (Wildman–Crippen LogP) is 4.14. The Hall–Kier alpha value is -2.66. The van der Waals surface area contributed by atoms with Crippen molar-refractivity contribution in [1.29, 1.82) is 0 Å². The Morgan fingerprint density at radius 2 is 1.23 bits per heavy atom. The summed E-state index contributed by atoms with van der Waals surface area (Å²) in [6, 6.07) is 18.0. The van der Waals surface area contributed by atoms with E-state index in [0.29, 0.717) is 11.1 Å². The first-order valence-corrected chi connectivity index (χ1v) is 11.7. The van der Waals surface area contributed by atoms with Crippen LogP contribution < -0.4 is 10.6 Å². The average Bonchev–Trinajstić information content (AvgIpc) is 2.82. The van der Waals surface area contributed by atoms with Crippen molar-refractivity contribution >= 4 is 11.8 Å². The number of hydrogen-bond donors (Lipinski definition) is 2. The van der Waals surface area contributed by atoms with Crippen molar-refractivity contribution in [3.05, 3.63) is 71.3 Å². The van der Waals surface area contributed by atoms with Crippen LogP contribution in [-0.4, -0.2) is 41.9 Å². The molecule has 0 aromatic heterocycles. The molecule has 1 aliphatic carbocycles. The van der Waals surface area contributed by atoms with Gasteiger partial charge in [-0.15, -0.1) is 0 Å². The van der Waals surface area contributed by atoms with Gasteiger partial charge in [-0.25, -0.2) is 0 Å². The smallest absolute Gasteiger partial charge is 0.251 e. The van der Waals surface area contributed by atoms with Gasteiger partial charge in [-0.1, -0.05) is 49.6 Å². The summed E-state index contributed by atoms with van der Waals surface area (Å²) >= 11 is 0. The summed E-state index contributed by atoms with van der Waals surface area (Å²) < 4.78 is 0. The zero-order valence-corrected chi connectivity index (χ0v) is 18.2. The van der Waals surface area contributed by atoms with Crippen molar-refractivity contribution in [3.8, 4) is 0 Å². The summed E-state index contributed by atoms with van der Waals surface area (Å²) in [4.78, 5) is 27.6. The topological polar surface area (TPSA) is 61.4 Å². The number of nitrogens with one attached hydrogen (secondary N) is 2. The number of nitrogens with zero attached hydrogens (tertiary/aromatic N) is 1. The maximum Gasteiger partial charge on any atom is 0.251 e. The number of rotatable bonds is 6. The first-order chi connectivity index (χ1) is 15.2. The molecule has 2 aromatic rings. The molecule has 2 fully saturated rings. The fraction of sp³-hybridized carbons (Fsp3) is 0.462. The Morgan fingerprint density at radius 3 is 1.77 bits per heavy atom. The van der Waals surface area contributed by atoms with Gasteiger partial charge in [-0.05, 0) is 55.5 Å². The second kappa shape index (κ2) is 10.6. The van der Waals surface area contributed by atoms with E-state index < -0.39 is 0 Å². The van der Waals surface area contributed by atoms with Crippen LogP contribution in [0.15, 0.2) is 54.6 Å². The van der Waals surface area contributed by atoms with Crippen molar-refractivity contribution in [1.82, 2.24) is 15.5 Å². The molecule has 5 nitrogen and oxygen atoms in total. The SMILES string of the molecule is O=C(NC1CCCCC1)c1ccc(C(=O)NC2CCN(Cc3ccccc3)CC2)cc1. The fourth-order valence-corrected chi connectivity index (χ4v) is 4.63. The number of carbonyl (C=O) groups is 2. The molecule has 0 unspecified atom stereocenters. The van der Waals surface area contributed by atoms with Crippen LogP contribution in [0.3, 0.4) is 0 Å². The summed E-state index contributed by atoms with van der Waals surface area (Å²) in [6.45, 7) is 2.94. The molecule has 1 saturated heterocycles. The molecule has 0 bridgehead atoms. The van der Waals surface area contributed by atoms with E-state index in [1.165, 1.54) is 24.8 Å². The molecule has 0 radical (unpaired) electrons. The van der Waals surface area contributed by atoms with Gasteiger partial charge in [0.2, 0.25) is 0 Å². The third-order valence-electron chi connectivity index (χ3n) is 6.52. The molecule has 164 valence electrons. The predicted molar refractivity (Wildman–Crippen MR) is 123 cm³/mol. The minimum absolute atomic E-state index is 0.0374. The zero-order chi connectivity index (χ0) is 21.5. The normalized spacial score (nSPS) is 18.5. The number of piperidine rings is 1. The van der Waals surface area contributed by atoms with E-state index in [1.54, 1.807) is 24.3 Å². The molecule has 1 saturated carbocycles. The largest absolute Gasteiger partial charge is 0.349 e. The van der Waals surface area contributed by atoms with Crippen LogP contribution in [0, 0.1) is 0 Å². The molecule has 4 rings (SSSR count). The van der Waals surface area contributed by atoms with Gasteiger partial charge < -0.3 is 10.6 Å². The number of likely N-dealkylation sites (tertiary alicyclic amines) is 1. The third-order valence-corrected chi connectivity index (χ3v) is 6.52. The Balaban J connectivity index is 1.23. The van der Waals surface area contributed by atoms with Gasteiger partial charge in [0.15, 0.2) is 0 Å². The van der Waals surface area contributed by atoms with Crippen LogP contribution >= 0.6 is 0 Å². The van der Waals surface area contributed by atoms with Gasteiger partial charge in [0.25, 0.3) is 11.8 Å². The van der Waals surface area contributed by atoms with E-state index in [-0.39, 0.29) is 23.9 Å². The maximum atomic E-state index is 12.7. The van der Waals surface area contributed by atoms with Gasteiger partial charge >= 0.3 is 0 Å². The van der Waals surface area contributed by atoms with Crippen molar-refractivity contribution in [2.75, 3.05) is 13.1 Å². The molecule has 2 amide bonds. The molecule has 2 aliphatic rings. The maximum absolute atomic E-state index is 12.7. The number of carbonyl (C=O) groups excluding carboxylic acids is 2. The molecule has 2 N–H and O–H groups in total. The summed E-state index contributed by atoms with van der Waals surface area (Å²) in [5.41, 5.74) is 2.56. The van der Waals surface area contributed by atoms with E-state index >= 15 is 0 Å². The molecule has 0 atom stereocenters. The minimum atomic E-state index is -0.0549. The standard InChI is InChI=1S/C26H33N3O2/c30-25(27-23-9-5-2-6-10-23)21-11-13-22(14-12-21)26(31)28-24-15-17-29(18-16-24)19-20-7-3-1-4-8-20/h1,3-4,7-8,11-14,23-24H,2,5-6,9-10,15-19H2,(H,27,30)(H,28,31). The van der Waals surface area contributed by atoms with E-state index in [0.717, 1.165) is 45.3 Å². The van der Waals surface area contributed by atoms with E-state index in [2.05, 4.69) is 39.8 Å². The molecule has 5 heteroatoms. The number of benzene rings is 2. The highest BCUT2D eigenvalue weighted by Crippen LogP contribution is 2.18. The lowest BCUT2D eigenvalue weighted by Crippen LogP contribution is -2.44. The zero-order valence-electron chi connectivity index (χ0n) is 18.2. The highest BCUT2D eigenvalue weighted by molar-refractivity contribution is 5.98. The second-order valence-corrected chi connectivity index (χ2v) is 8.90. The van der Waals surface area contributed by atoms with Gasteiger partial charge in [0, 0.05) is 42.8 Å². The number of hydrogen-bond acceptors (Lipinski definition) is 3. The van der Waals surface area contributed by atoms with E-state index in [1.807, 2.05) is 6.07 Å². The Labute approximate surface area is 185 Å². The van der Waals surface area contributed by atoms with Crippen LogP contribution in [0.1, 0.15) is 71.2 Å². The monoisotopic (exact) mass is 419 g/mol. The highest BCUT2D eigenvalue weighted by Gasteiger charge is 2.22. The van der Waals surface area contributed by atoms with Crippen LogP contribution in [0.5, 0.6) is 0 Å². The van der Waals surface area contributed by atoms with Crippen molar-refractivity contribution in [2.24, 2.45) is 0 Å². The Morgan fingerprint density at radius 1 is 0.710 bits per heavy atom. The lowest BCUT2D eigenvalue weighted by atomic mass is 9.95. The molecular weight excluding hydrogens is 386 g/mol. The van der Waals surface area contributed by atoms with Gasteiger partial charge in [-0.3, -0.25) is 14.5 Å². The van der Waals surface area contributed by atoms with Crippen molar-refractivity contribution in [3.63, 3.8) is 0 Å². The summed E-state index contributed by atoms with van der Waals surface area (Å²) in [5, 5.41) is 6.29. The van der Waals surface area contributed by atoms with Gasteiger partial charge in [0.1, 0.15) is 0 Å². The van der Waals surface area contributed by atoms with Crippen LogP contribution in [0.2, 0.25) is 0 Å². The Bertz CT molecular complexity index is 852. The highest BCUT2D eigenvalue weighted by atomic mass is 16.2. The van der Waals surface area contributed by atoms with Gasteiger partial charge in [0.05, 0.1) is 0 Å². The van der Waals surface area contributed by atoms with E-state index in [9.17, 15) is 9.59 Å². The van der Waals surface area contributed by atoms with Gasteiger partial charge in [-0.2, -0.15) is 0 Å².